The molecule has 0 aliphatic heterocycles. The van der Waals surface area contributed by atoms with Gasteiger partial charge in [0.25, 0.3) is 5.56 Å². The van der Waals surface area contributed by atoms with Crippen LogP contribution in [0.5, 0.6) is 0 Å². The van der Waals surface area contributed by atoms with E-state index in [9.17, 15) is 22.8 Å². The van der Waals surface area contributed by atoms with Crippen LogP contribution >= 0.6 is 23.1 Å². The van der Waals surface area contributed by atoms with Gasteiger partial charge in [-0.3, -0.25) is 14.2 Å². The second kappa shape index (κ2) is 10.7. The van der Waals surface area contributed by atoms with Crippen LogP contribution in [0, 0.1) is 18.3 Å². The molecule has 2 aromatic heterocycles. The number of aromatic nitrogens is 2. The second-order valence-electron chi connectivity index (χ2n) is 11.3. The van der Waals surface area contributed by atoms with Crippen molar-refractivity contribution in [3.8, 4) is 5.69 Å². The molecule has 1 amide bonds. The van der Waals surface area contributed by atoms with E-state index in [4.69, 9.17) is 4.98 Å². The molecule has 0 saturated heterocycles. The van der Waals surface area contributed by atoms with Gasteiger partial charge in [0.15, 0.2) is 5.16 Å². The van der Waals surface area contributed by atoms with E-state index in [0.717, 1.165) is 54.3 Å². The van der Waals surface area contributed by atoms with Crippen LogP contribution in [0.25, 0.3) is 15.9 Å². The van der Waals surface area contributed by atoms with Gasteiger partial charge in [-0.1, -0.05) is 56.3 Å². The summed E-state index contributed by atoms with van der Waals surface area (Å²) in [7, 11) is 0. The van der Waals surface area contributed by atoms with Crippen molar-refractivity contribution in [1.82, 2.24) is 9.55 Å². The van der Waals surface area contributed by atoms with Crippen LogP contribution in [0.2, 0.25) is 0 Å². The van der Waals surface area contributed by atoms with Crippen molar-refractivity contribution in [2.75, 3.05) is 11.1 Å². The number of rotatable bonds is 5. The Hall–Kier alpha value is -3.11. The van der Waals surface area contributed by atoms with Gasteiger partial charge in [0.05, 0.1) is 22.4 Å². The molecule has 0 bridgehead atoms. The number of anilines is 1. The minimum absolute atomic E-state index is 0.0547. The summed E-state index contributed by atoms with van der Waals surface area (Å²) in [4.78, 5) is 33.5. The molecule has 1 N–H and O–H groups in total. The molecule has 1 unspecified atom stereocenters. The molecule has 0 saturated carbocycles. The second-order valence-corrected chi connectivity index (χ2v) is 13.3. The zero-order chi connectivity index (χ0) is 28.8. The monoisotopic (exact) mass is 585 g/mol. The molecule has 2 heterocycles. The minimum atomic E-state index is -4.51. The Balaban J connectivity index is 1.49. The summed E-state index contributed by atoms with van der Waals surface area (Å²) in [5, 5.41) is 3.54. The Kier molecular flexibility index (Phi) is 7.60. The third-order valence-electron chi connectivity index (χ3n) is 7.38. The highest BCUT2D eigenvalue weighted by molar-refractivity contribution is 7.99. The van der Waals surface area contributed by atoms with Crippen molar-refractivity contribution in [1.29, 1.82) is 0 Å². The molecule has 4 aromatic rings. The molecule has 1 aliphatic carbocycles. The highest BCUT2D eigenvalue weighted by atomic mass is 32.2. The van der Waals surface area contributed by atoms with E-state index in [1.54, 1.807) is 15.9 Å². The lowest BCUT2D eigenvalue weighted by molar-refractivity contribution is -0.137. The van der Waals surface area contributed by atoms with E-state index in [-0.39, 0.29) is 22.4 Å². The zero-order valence-electron chi connectivity index (χ0n) is 22.7. The van der Waals surface area contributed by atoms with Crippen LogP contribution in [-0.2, 0) is 23.8 Å². The van der Waals surface area contributed by atoms with E-state index in [1.807, 2.05) is 31.2 Å². The van der Waals surface area contributed by atoms with Crippen molar-refractivity contribution in [2.24, 2.45) is 11.3 Å². The molecule has 5 nitrogen and oxygen atoms in total. The van der Waals surface area contributed by atoms with Crippen molar-refractivity contribution in [3.63, 3.8) is 0 Å². The number of alkyl halides is 3. The molecule has 40 heavy (non-hydrogen) atoms. The van der Waals surface area contributed by atoms with E-state index >= 15 is 0 Å². The summed E-state index contributed by atoms with van der Waals surface area (Å²) < 4.78 is 40.8. The predicted molar refractivity (Wildman–Crippen MR) is 156 cm³/mol. The molecule has 0 radical (unpaired) electrons. The lowest BCUT2D eigenvalue weighted by atomic mass is 9.72. The lowest BCUT2D eigenvalue weighted by Gasteiger charge is -2.33. The first kappa shape index (κ1) is 28.4. The van der Waals surface area contributed by atoms with Crippen LogP contribution in [0.1, 0.15) is 48.8 Å². The number of hydrogen-bond acceptors (Lipinski definition) is 5. The van der Waals surface area contributed by atoms with Crippen molar-refractivity contribution in [3.05, 3.63) is 80.5 Å². The highest BCUT2D eigenvalue weighted by Crippen LogP contribution is 2.42. The number of nitrogens with one attached hydrogen (secondary N) is 1. The fourth-order valence-electron chi connectivity index (χ4n) is 5.06. The number of hydrogen-bond donors (Lipinski definition) is 1. The molecule has 0 fully saturated rings. The number of thiophene rings is 1. The topological polar surface area (TPSA) is 64.0 Å². The van der Waals surface area contributed by atoms with Gasteiger partial charge in [0.2, 0.25) is 5.91 Å². The molecule has 10 heteroatoms. The largest absolute Gasteiger partial charge is 0.416 e. The quantitative estimate of drug-likeness (QED) is 0.193. The number of aryl methyl sites for hydroxylation is 2. The average molecular weight is 586 g/mol. The number of amides is 1. The molecule has 1 atom stereocenters. The Labute approximate surface area is 238 Å². The van der Waals surface area contributed by atoms with Gasteiger partial charge in [-0.25, -0.2) is 4.98 Å². The Morgan fingerprint density at radius 1 is 1.15 bits per heavy atom. The zero-order valence-corrected chi connectivity index (χ0v) is 24.3. The van der Waals surface area contributed by atoms with Gasteiger partial charge in [-0.05, 0) is 73.4 Å². The van der Waals surface area contributed by atoms with Crippen LogP contribution in [0.3, 0.4) is 0 Å². The average Bonchev–Trinajstić information content (AvgIpc) is 3.25. The normalized spacial score (nSPS) is 15.7. The van der Waals surface area contributed by atoms with Crippen LogP contribution in [-0.4, -0.2) is 21.2 Å². The Morgan fingerprint density at radius 3 is 2.55 bits per heavy atom. The molecule has 1 aliphatic rings. The fraction of sp³-hybridized carbons (Fsp3) is 0.367. The number of benzene rings is 2. The van der Waals surface area contributed by atoms with Crippen molar-refractivity contribution < 1.29 is 18.0 Å². The van der Waals surface area contributed by atoms with Gasteiger partial charge in [-0.2, -0.15) is 13.2 Å². The molecular formula is C30H30F3N3O2S2. The summed E-state index contributed by atoms with van der Waals surface area (Å²) >= 11 is 2.64. The van der Waals surface area contributed by atoms with E-state index in [1.165, 1.54) is 17.0 Å². The summed E-state index contributed by atoms with van der Waals surface area (Å²) in [6.07, 6.45) is -1.76. The molecular weight excluding hydrogens is 555 g/mol. The maximum atomic E-state index is 14.0. The maximum absolute atomic E-state index is 14.0. The van der Waals surface area contributed by atoms with Crippen molar-refractivity contribution >= 4 is 44.9 Å². The third kappa shape index (κ3) is 5.83. The first-order valence-electron chi connectivity index (χ1n) is 13.1. The molecule has 2 aromatic carbocycles. The number of nitrogens with zero attached hydrogens (tertiary/aromatic N) is 2. The third-order valence-corrected chi connectivity index (χ3v) is 9.46. The number of carbonyl (C=O) groups is 1. The smallest absolute Gasteiger partial charge is 0.325 e. The number of thioether (sulfide) groups is 1. The molecule has 0 spiro atoms. The Bertz CT molecular complexity index is 1630. The first-order valence-corrected chi connectivity index (χ1v) is 14.9. The van der Waals surface area contributed by atoms with Gasteiger partial charge in [0, 0.05) is 10.6 Å². The van der Waals surface area contributed by atoms with E-state index in [0.29, 0.717) is 27.0 Å². The Morgan fingerprint density at radius 2 is 1.88 bits per heavy atom. The number of halogens is 3. The summed E-state index contributed by atoms with van der Waals surface area (Å²) in [5.74, 6) is -0.106. The van der Waals surface area contributed by atoms with Crippen LogP contribution in [0.4, 0.5) is 18.9 Å². The fourth-order valence-corrected chi connectivity index (χ4v) is 7.22. The predicted octanol–water partition coefficient (Wildman–Crippen LogP) is 7.66. The van der Waals surface area contributed by atoms with Gasteiger partial charge in [-0.15, -0.1) is 11.3 Å². The van der Waals surface area contributed by atoms with Gasteiger partial charge >= 0.3 is 6.18 Å². The number of fused-ring (bicyclic) bond motifs is 3. The SMILES string of the molecule is Cc1ccc(-n2c(SCC(=O)Nc3cccc(C(F)(F)F)c3)nc3sc4c(c3c2=O)CCC(C(C)(C)C)C4)cc1. The maximum Gasteiger partial charge on any atom is 0.416 e. The first-order chi connectivity index (χ1) is 18.8. The summed E-state index contributed by atoms with van der Waals surface area (Å²) in [6.45, 7) is 8.70. The van der Waals surface area contributed by atoms with Crippen LogP contribution < -0.4 is 10.9 Å². The van der Waals surface area contributed by atoms with Crippen LogP contribution in [0.15, 0.2) is 58.5 Å². The summed E-state index contributed by atoms with van der Waals surface area (Å²) in [6, 6.07) is 12.0. The van der Waals surface area contributed by atoms with Crippen molar-refractivity contribution in [2.45, 2.75) is 58.3 Å². The van der Waals surface area contributed by atoms with E-state index in [2.05, 4.69) is 26.1 Å². The van der Waals surface area contributed by atoms with E-state index < -0.39 is 17.6 Å². The van der Waals surface area contributed by atoms with Gasteiger partial charge < -0.3 is 5.32 Å². The summed E-state index contributed by atoms with van der Waals surface area (Å²) in [5.41, 5.74) is 1.99. The minimum Gasteiger partial charge on any atom is -0.325 e. The number of carbonyl (C=O) groups excluding carboxylic acids is 1. The van der Waals surface area contributed by atoms with Gasteiger partial charge in [0.1, 0.15) is 4.83 Å². The molecule has 5 rings (SSSR count). The molecule has 210 valence electrons. The highest BCUT2D eigenvalue weighted by Gasteiger charge is 2.33. The lowest BCUT2D eigenvalue weighted by Crippen LogP contribution is -2.27. The standard InChI is InChI=1S/C30H30F3N3O2S2/c1-17-8-11-21(12-9-17)36-27(38)25-22-13-10-18(29(2,3)4)15-23(22)40-26(25)35-28(36)39-16-24(37)34-20-7-5-6-19(14-20)30(31,32)33/h5-9,11-12,14,18H,10,13,15-16H2,1-4H3,(H,34,37).